The number of carbonyl (C=O) groups is 2. The number of Topliss-reactive ketones (excluding diaryl/α,β-unsaturated/α-hetero) is 2. The van der Waals surface area contributed by atoms with Crippen LogP contribution in [0.25, 0.3) is 0 Å². The summed E-state index contributed by atoms with van der Waals surface area (Å²) in [6.45, 7) is 3.72. The normalized spacial score (nSPS) is 12.9. The first-order valence-corrected chi connectivity index (χ1v) is 4.67. The van der Waals surface area contributed by atoms with Crippen LogP contribution in [0, 0.1) is 5.92 Å². The number of ether oxygens (including phenoxy) is 2. The highest BCUT2D eigenvalue weighted by Crippen LogP contribution is 2.07. The van der Waals surface area contributed by atoms with Gasteiger partial charge in [-0.15, -0.1) is 0 Å². The molecule has 0 aliphatic rings. The van der Waals surface area contributed by atoms with E-state index < -0.39 is 6.29 Å². The van der Waals surface area contributed by atoms with Crippen LogP contribution in [0.15, 0.2) is 0 Å². The minimum atomic E-state index is -0.914. The Labute approximate surface area is 84.6 Å². The SMILES string of the molecule is CCC(C)C(=O)CC(=O)C(OC)OC. The zero-order chi connectivity index (χ0) is 11.1. The molecule has 0 aromatic carbocycles. The Bertz CT molecular complexity index is 196. The fourth-order valence-electron chi connectivity index (χ4n) is 1.02. The summed E-state index contributed by atoms with van der Waals surface area (Å²) in [6.07, 6.45) is -0.277. The molecule has 0 aliphatic heterocycles. The fraction of sp³-hybridized carbons (Fsp3) is 0.800. The van der Waals surface area contributed by atoms with Gasteiger partial charge in [-0.2, -0.15) is 0 Å². The summed E-state index contributed by atoms with van der Waals surface area (Å²) in [6, 6.07) is 0. The monoisotopic (exact) mass is 202 g/mol. The molecule has 0 aromatic rings. The Balaban J connectivity index is 4.11. The van der Waals surface area contributed by atoms with Crippen LogP contribution in [0.2, 0.25) is 0 Å². The Morgan fingerprint density at radius 2 is 1.64 bits per heavy atom. The largest absolute Gasteiger partial charge is 0.349 e. The number of carbonyl (C=O) groups excluding carboxylic acids is 2. The Morgan fingerprint density at radius 1 is 1.14 bits per heavy atom. The number of methoxy groups -OCH3 is 2. The number of hydrogen-bond acceptors (Lipinski definition) is 4. The lowest BCUT2D eigenvalue weighted by Crippen LogP contribution is -2.28. The summed E-state index contributed by atoms with van der Waals surface area (Å²) in [5.41, 5.74) is 0. The topological polar surface area (TPSA) is 52.6 Å². The van der Waals surface area contributed by atoms with Crippen molar-refractivity contribution in [2.45, 2.75) is 33.0 Å². The highest BCUT2D eigenvalue weighted by molar-refractivity contribution is 6.01. The molecule has 0 saturated heterocycles. The summed E-state index contributed by atoms with van der Waals surface area (Å²) in [5.74, 6) is -0.454. The zero-order valence-corrected chi connectivity index (χ0v) is 9.20. The predicted molar refractivity (Wildman–Crippen MR) is 51.9 cm³/mol. The molecule has 0 aliphatic carbocycles. The van der Waals surface area contributed by atoms with Gasteiger partial charge in [-0.3, -0.25) is 9.59 Å². The first-order valence-electron chi connectivity index (χ1n) is 4.67. The quantitative estimate of drug-likeness (QED) is 0.459. The lowest BCUT2D eigenvalue weighted by Gasteiger charge is -2.12. The zero-order valence-electron chi connectivity index (χ0n) is 9.20. The predicted octanol–water partition coefficient (Wildman–Crippen LogP) is 1.18. The first kappa shape index (κ1) is 13.3. The maximum absolute atomic E-state index is 11.4. The van der Waals surface area contributed by atoms with Gasteiger partial charge in [0.05, 0.1) is 6.42 Å². The van der Waals surface area contributed by atoms with Crippen LogP contribution < -0.4 is 0 Å². The number of ketones is 2. The van der Waals surface area contributed by atoms with E-state index in [0.717, 1.165) is 6.42 Å². The van der Waals surface area contributed by atoms with Crippen LogP contribution in [-0.4, -0.2) is 32.1 Å². The van der Waals surface area contributed by atoms with E-state index in [0.29, 0.717) is 0 Å². The van der Waals surface area contributed by atoms with Crippen LogP contribution in [0.4, 0.5) is 0 Å². The molecule has 0 saturated carbocycles. The van der Waals surface area contributed by atoms with Gasteiger partial charge in [0.1, 0.15) is 5.78 Å². The average Bonchev–Trinajstić information content (AvgIpc) is 2.18. The molecule has 0 N–H and O–H groups in total. The van der Waals surface area contributed by atoms with Crippen molar-refractivity contribution in [2.24, 2.45) is 5.92 Å². The number of rotatable bonds is 7. The Morgan fingerprint density at radius 3 is 2.00 bits per heavy atom. The van der Waals surface area contributed by atoms with Crippen molar-refractivity contribution in [1.29, 1.82) is 0 Å². The van der Waals surface area contributed by atoms with Crippen molar-refractivity contribution in [3.8, 4) is 0 Å². The Kier molecular flexibility index (Phi) is 6.32. The van der Waals surface area contributed by atoms with Crippen molar-refractivity contribution in [3.05, 3.63) is 0 Å². The summed E-state index contributed by atoms with van der Waals surface area (Å²) >= 11 is 0. The van der Waals surface area contributed by atoms with Crippen LogP contribution in [0.1, 0.15) is 26.7 Å². The van der Waals surface area contributed by atoms with E-state index in [4.69, 9.17) is 9.47 Å². The maximum atomic E-state index is 11.4. The first-order chi connectivity index (χ1) is 6.56. The van der Waals surface area contributed by atoms with Gasteiger partial charge in [0.2, 0.25) is 6.29 Å². The molecule has 0 spiro atoms. The standard InChI is InChI=1S/C10H18O4/c1-5-7(2)8(11)6-9(12)10(13-3)14-4/h7,10H,5-6H2,1-4H3. The molecular weight excluding hydrogens is 184 g/mol. The van der Waals surface area contributed by atoms with E-state index >= 15 is 0 Å². The third-order valence-corrected chi connectivity index (χ3v) is 2.20. The summed E-state index contributed by atoms with van der Waals surface area (Å²) in [7, 11) is 2.75. The fourth-order valence-corrected chi connectivity index (χ4v) is 1.02. The molecular formula is C10H18O4. The van der Waals surface area contributed by atoms with Crippen molar-refractivity contribution in [2.75, 3.05) is 14.2 Å². The second-order valence-electron chi connectivity index (χ2n) is 3.22. The average molecular weight is 202 g/mol. The third-order valence-electron chi connectivity index (χ3n) is 2.20. The van der Waals surface area contributed by atoms with Crippen LogP contribution in [0.3, 0.4) is 0 Å². The van der Waals surface area contributed by atoms with Gasteiger partial charge >= 0.3 is 0 Å². The molecule has 4 heteroatoms. The van der Waals surface area contributed by atoms with Crippen LogP contribution in [-0.2, 0) is 19.1 Å². The molecule has 14 heavy (non-hydrogen) atoms. The minimum Gasteiger partial charge on any atom is -0.349 e. The van der Waals surface area contributed by atoms with Crippen molar-refractivity contribution >= 4 is 11.6 Å². The smallest absolute Gasteiger partial charge is 0.217 e. The van der Waals surface area contributed by atoms with Crippen molar-refractivity contribution in [3.63, 3.8) is 0 Å². The summed E-state index contributed by atoms with van der Waals surface area (Å²) < 4.78 is 9.50. The maximum Gasteiger partial charge on any atom is 0.217 e. The van der Waals surface area contributed by atoms with E-state index in [1.165, 1.54) is 14.2 Å². The van der Waals surface area contributed by atoms with Gasteiger partial charge in [-0.25, -0.2) is 0 Å². The van der Waals surface area contributed by atoms with Crippen LogP contribution >= 0.6 is 0 Å². The molecule has 0 aromatic heterocycles. The highest BCUT2D eigenvalue weighted by Gasteiger charge is 2.22. The number of hydrogen-bond donors (Lipinski definition) is 0. The van der Waals surface area contributed by atoms with E-state index in [-0.39, 0.29) is 23.9 Å². The van der Waals surface area contributed by atoms with Crippen molar-refractivity contribution < 1.29 is 19.1 Å². The summed E-state index contributed by atoms with van der Waals surface area (Å²) in [5, 5.41) is 0. The molecule has 0 radical (unpaired) electrons. The van der Waals surface area contributed by atoms with Gasteiger partial charge in [-0.1, -0.05) is 13.8 Å². The molecule has 0 heterocycles. The Hall–Kier alpha value is -0.740. The lowest BCUT2D eigenvalue weighted by atomic mass is 9.99. The van der Waals surface area contributed by atoms with Gasteiger partial charge in [-0.05, 0) is 6.42 Å². The molecule has 0 bridgehead atoms. The van der Waals surface area contributed by atoms with Gasteiger partial charge in [0.15, 0.2) is 5.78 Å². The lowest BCUT2D eigenvalue weighted by molar-refractivity contribution is -0.158. The molecule has 0 amide bonds. The summed E-state index contributed by atoms with van der Waals surface area (Å²) in [4.78, 5) is 22.8. The van der Waals surface area contributed by atoms with E-state index in [9.17, 15) is 9.59 Å². The minimum absolute atomic E-state index is 0.0587. The molecule has 4 nitrogen and oxygen atoms in total. The van der Waals surface area contributed by atoms with Gasteiger partial charge < -0.3 is 9.47 Å². The second kappa shape index (κ2) is 6.68. The molecule has 0 rings (SSSR count). The highest BCUT2D eigenvalue weighted by atomic mass is 16.7. The molecule has 0 fully saturated rings. The van der Waals surface area contributed by atoms with Gasteiger partial charge in [0.25, 0.3) is 0 Å². The second-order valence-corrected chi connectivity index (χ2v) is 3.22. The van der Waals surface area contributed by atoms with E-state index in [2.05, 4.69) is 0 Å². The van der Waals surface area contributed by atoms with Crippen molar-refractivity contribution in [1.82, 2.24) is 0 Å². The van der Waals surface area contributed by atoms with E-state index in [1.54, 1.807) is 0 Å². The van der Waals surface area contributed by atoms with Gasteiger partial charge in [0, 0.05) is 20.1 Å². The molecule has 82 valence electrons. The third kappa shape index (κ3) is 3.98. The van der Waals surface area contributed by atoms with E-state index in [1.807, 2.05) is 13.8 Å². The molecule has 1 atom stereocenters. The van der Waals surface area contributed by atoms with Crippen LogP contribution in [0.5, 0.6) is 0 Å². The molecule has 1 unspecified atom stereocenters.